The molecule has 3 heteroatoms. The van der Waals surface area contributed by atoms with Crippen molar-refractivity contribution in [3.05, 3.63) is 70.8 Å². The van der Waals surface area contributed by atoms with Crippen LogP contribution in [0.25, 0.3) is 0 Å². The molecule has 0 aliphatic heterocycles. The molecular formula is C16H16N2O. The highest BCUT2D eigenvalue weighted by molar-refractivity contribution is 5.95. The fraction of sp³-hybridized carbons (Fsp3) is 0.125. The average Bonchev–Trinajstić information content (AvgIpc) is 2.41. The van der Waals surface area contributed by atoms with Crippen LogP contribution in [0.5, 0.6) is 0 Å². The van der Waals surface area contributed by atoms with E-state index in [-0.39, 0.29) is 5.91 Å². The molecular weight excluding hydrogens is 236 g/mol. The number of hydrogen-bond donors (Lipinski definition) is 1. The van der Waals surface area contributed by atoms with Crippen molar-refractivity contribution in [3.8, 4) is 0 Å². The zero-order chi connectivity index (χ0) is 13.7. The van der Waals surface area contributed by atoms with Crippen LogP contribution in [0.15, 0.2) is 53.6 Å². The predicted molar refractivity (Wildman–Crippen MR) is 77.4 cm³/mol. The second kappa shape index (κ2) is 5.96. The first-order valence-electron chi connectivity index (χ1n) is 6.12. The van der Waals surface area contributed by atoms with Crippen LogP contribution in [0.2, 0.25) is 0 Å². The van der Waals surface area contributed by atoms with Crippen LogP contribution in [0.4, 0.5) is 0 Å². The highest BCUT2D eigenvalue weighted by Crippen LogP contribution is 2.05. The topological polar surface area (TPSA) is 41.5 Å². The molecule has 0 heterocycles. The summed E-state index contributed by atoms with van der Waals surface area (Å²) in [6.07, 6.45) is 1.66. The Labute approximate surface area is 113 Å². The highest BCUT2D eigenvalue weighted by atomic mass is 16.2. The van der Waals surface area contributed by atoms with Gasteiger partial charge < -0.3 is 0 Å². The third kappa shape index (κ3) is 3.52. The van der Waals surface area contributed by atoms with E-state index < -0.39 is 0 Å². The number of amides is 1. The van der Waals surface area contributed by atoms with Crippen LogP contribution in [0.3, 0.4) is 0 Å². The molecule has 3 nitrogen and oxygen atoms in total. The fourth-order valence-electron chi connectivity index (χ4n) is 1.74. The van der Waals surface area contributed by atoms with Crippen LogP contribution in [0.1, 0.15) is 27.0 Å². The number of aryl methyl sites for hydroxylation is 2. The van der Waals surface area contributed by atoms with Gasteiger partial charge in [0.25, 0.3) is 5.91 Å². The third-order valence-electron chi connectivity index (χ3n) is 2.84. The number of hydrogen-bond acceptors (Lipinski definition) is 2. The van der Waals surface area contributed by atoms with Crippen molar-refractivity contribution < 1.29 is 4.79 Å². The number of nitrogens with one attached hydrogen (secondary N) is 1. The highest BCUT2D eigenvalue weighted by Gasteiger charge is 2.03. The minimum absolute atomic E-state index is 0.200. The fourth-order valence-corrected chi connectivity index (χ4v) is 1.74. The minimum atomic E-state index is -0.200. The standard InChI is InChI=1S/C16H16N2O/c1-12-6-5-9-14(10-12)16(19)18-17-11-15-8-4-3-7-13(15)2/h3-11H,1-2H3,(H,18,19). The quantitative estimate of drug-likeness (QED) is 0.662. The first-order valence-corrected chi connectivity index (χ1v) is 6.12. The van der Waals surface area contributed by atoms with E-state index >= 15 is 0 Å². The molecule has 2 aromatic rings. The molecule has 0 aliphatic rings. The van der Waals surface area contributed by atoms with Crippen molar-refractivity contribution in [1.82, 2.24) is 5.43 Å². The van der Waals surface area contributed by atoms with Gasteiger partial charge in [-0.15, -0.1) is 0 Å². The largest absolute Gasteiger partial charge is 0.271 e. The Balaban J connectivity index is 2.03. The van der Waals surface area contributed by atoms with Crippen LogP contribution in [0, 0.1) is 13.8 Å². The smallest absolute Gasteiger partial charge is 0.267 e. The summed E-state index contributed by atoms with van der Waals surface area (Å²) >= 11 is 0. The summed E-state index contributed by atoms with van der Waals surface area (Å²) < 4.78 is 0. The van der Waals surface area contributed by atoms with Crippen molar-refractivity contribution in [1.29, 1.82) is 0 Å². The molecule has 1 amide bonds. The molecule has 1 N–H and O–H groups in total. The zero-order valence-corrected chi connectivity index (χ0v) is 11.1. The summed E-state index contributed by atoms with van der Waals surface area (Å²) in [7, 11) is 0. The maximum atomic E-state index is 11.8. The summed E-state index contributed by atoms with van der Waals surface area (Å²) in [6.45, 7) is 3.96. The maximum absolute atomic E-state index is 11.8. The van der Waals surface area contributed by atoms with Crippen molar-refractivity contribution in [2.24, 2.45) is 5.10 Å². The Morgan fingerprint density at radius 1 is 1.11 bits per heavy atom. The first kappa shape index (κ1) is 13.0. The lowest BCUT2D eigenvalue weighted by Crippen LogP contribution is -2.17. The van der Waals surface area contributed by atoms with Crippen molar-refractivity contribution >= 4 is 12.1 Å². The Hall–Kier alpha value is -2.42. The van der Waals surface area contributed by atoms with Crippen LogP contribution < -0.4 is 5.43 Å². The van der Waals surface area contributed by atoms with Crippen LogP contribution in [-0.2, 0) is 0 Å². The van der Waals surface area contributed by atoms with Crippen LogP contribution >= 0.6 is 0 Å². The van der Waals surface area contributed by atoms with Crippen molar-refractivity contribution in [2.75, 3.05) is 0 Å². The van der Waals surface area contributed by atoms with Gasteiger partial charge in [-0.3, -0.25) is 4.79 Å². The number of carbonyl (C=O) groups is 1. The lowest BCUT2D eigenvalue weighted by Gasteiger charge is -2.01. The number of carbonyl (C=O) groups excluding carboxylic acids is 1. The molecule has 0 spiro atoms. The van der Waals surface area contributed by atoms with E-state index in [1.807, 2.05) is 56.3 Å². The van der Waals surface area contributed by atoms with Gasteiger partial charge in [0.05, 0.1) is 6.21 Å². The first-order chi connectivity index (χ1) is 9.16. The second-order valence-corrected chi connectivity index (χ2v) is 4.43. The van der Waals surface area contributed by atoms with Gasteiger partial charge in [0.2, 0.25) is 0 Å². The van der Waals surface area contributed by atoms with Crippen molar-refractivity contribution in [2.45, 2.75) is 13.8 Å². The Morgan fingerprint density at radius 2 is 1.89 bits per heavy atom. The van der Waals surface area contributed by atoms with Gasteiger partial charge in [0, 0.05) is 5.56 Å². The zero-order valence-electron chi connectivity index (χ0n) is 11.1. The lowest BCUT2D eigenvalue weighted by atomic mass is 10.1. The lowest BCUT2D eigenvalue weighted by molar-refractivity contribution is 0.0955. The van der Waals surface area contributed by atoms with Gasteiger partial charge in [-0.2, -0.15) is 5.10 Å². The number of nitrogens with zero attached hydrogens (tertiary/aromatic N) is 1. The molecule has 0 bridgehead atoms. The molecule has 2 aromatic carbocycles. The van der Waals surface area contributed by atoms with E-state index in [2.05, 4.69) is 10.5 Å². The summed E-state index contributed by atoms with van der Waals surface area (Å²) in [5.41, 5.74) is 6.31. The summed E-state index contributed by atoms with van der Waals surface area (Å²) in [5, 5.41) is 3.98. The molecule has 0 saturated carbocycles. The van der Waals surface area contributed by atoms with E-state index in [0.29, 0.717) is 5.56 Å². The molecule has 0 atom stereocenters. The van der Waals surface area contributed by atoms with Gasteiger partial charge in [0.1, 0.15) is 0 Å². The molecule has 0 aromatic heterocycles. The Kier molecular flexibility index (Phi) is 4.08. The normalized spacial score (nSPS) is 10.6. The van der Waals surface area contributed by atoms with Crippen LogP contribution in [-0.4, -0.2) is 12.1 Å². The minimum Gasteiger partial charge on any atom is -0.267 e. The molecule has 96 valence electrons. The van der Waals surface area contributed by atoms with E-state index in [1.54, 1.807) is 12.3 Å². The van der Waals surface area contributed by atoms with Crippen molar-refractivity contribution in [3.63, 3.8) is 0 Å². The monoisotopic (exact) mass is 252 g/mol. The maximum Gasteiger partial charge on any atom is 0.271 e. The summed E-state index contributed by atoms with van der Waals surface area (Å²) in [6, 6.07) is 15.3. The Bertz CT molecular complexity index is 618. The second-order valence-electron chi connectivity index (χ2n) is 4.43. The third-order valence-corrected chi connectivity index (χ3v) is 2.84. The molecule has 0 saturated heterocycles. The summed E-state index contributed by atoms with van der Waals surface area (Å²) in [4.78, 5) is 11.8. The Morgan fingerprint density at radius 3 is 2.63 bits per heavy atom. The average molecular weight is 252 g/mol. The van der Waals surface area contributed by atoms with E-state index in [9.17, 15) is 4.79 Å². The van der Waals surface area contributed by atoms with Gasteiger partial charge >= 0.3 is 0 Å². The molecule has 0 radical (unpaired) electrons. The van der Waals surface area contributed by atoms with Gasteiger partial charge in [-0.1, -0.05) is 42.0 Å². The molecule has 0 aliphatic carbocycles. The van der Waals surface area contributed by atoms with E-state index in [1.165, 1.54) is 0 Å². The van der Waals surface area contributed by atoms with Gasteiger partial charge in [-0.25, -0.2) is 5.43 Å². The van der Waals surface area contributed by atoms with E-state index in [0.717, 1.165) is 16.7 Å². The van der Waals surface area contributed by atoms with E-state index in [4.69, 9.17) is 0 Å². The summed E-state index contributed by atoms with van der Waals surface area (Å²) in [5.74, 6) is -0.200. The number of rotatable bonds is 3. The molecule has 19 heavy (non-hydrogen) atoms. The SMILES string of the molecule is Cc1cccc(C(=O)NN=Cc2ccccc2C)c1. The molecule has 0 fully saturated rings. The predicted octanol–water partition coefficient (Wildman–Crippen LogP) is 3.07. The number of benzene rings is 2. The van der Waals surface area contributed by atoms with Gasteiger partial charge in [0.15, 0.2) is 0 Å². The van der Waals surface area contributed by atoms with Gasteiger partial charge in [-0.05, 0) is 37.1 Å². The molecule has 0 unspecified atom stereocenters. The molecule has 2 rings (SSSR count). The number of hydrazone groups is 1.